The van der Waals surface area contributed by atoms with Gasteiger partial charge in [-0.1, -0.05) is 25.0 Å². The van der Waals surface area contributed by atoms with Crippen molar-refractivity contribution in [3.8, 4) is 11.5 Å². The van der Waals surface area contributed by atoms with Gasteiger partial charge in [-0.2, -0.15) is 0 Å². The molecule has 1 N–H and O–H groups in total. The van der Waals surface area contributed by atoms with Crippen LogP contribution in [-0.4, -0.2) is 26.7 Å². The monoisotopic (exact) mass is 359 g/mol. The van der Waals surface area contributed by atoms with Gasteiger partial charge in [0.15, 0.2) is 11.5 Å². The Morgan fingerprint density at radius 2 is 1.92 bits per heavy atom. The summed E-state index contributed by atoms with van der Waals surface area (Å²) in [5.74, 6) is 1.38. The van der Waals surface area contributed by atoms with Crippen LogP contribution in [0.1, 0.15) is 36.1 Å². The molecule has 5 heteroatoms. The van der Waals surface area contributed by atoms with Crippen LogP contribution in [0, 0.1) is 0 Å². The minimum absolute atomic E-state index is 0.0510. The van der Waals surface area contributed by atoms with E-state index in [1.54, 1.807) is 25.6 Å². The maximum absolute atomic E-state index is 12.5. The molecular formula is C20H25NO3S. The van der Waals surface area contributed by atoms with Crippen LogP contribution in [0.25, 0.3) is 0 Å². The molecule has 0 bridgehead atoms. The second-order valence-electron chi connectivity index (χ2n) is 6.61. The Labute approximate surface area is 153 Å². The molecule has 1 aliphatic rings. The standard InChI is InChI=1S/C20H25NO3S/c1-23-16-8-7-15(12-17(16)24-2)13-19(22)21-14-20(9-3-4-10-20)18-6-5-11-25-18/h5-8,11-12H,3-4,9-10,13-14H2,1-2H3,(H,21,22). The third-order valence-electron chi connectivity index (χ3n) is 5.04. The van der Waals surface area contributed by atoms with Crippen LogP contribution < -0.4 is 14.8 Å². The summed E-state index contributed by atoms with van der Waals surface area (Å²) in [5, 5.41) is 5.29. The van der Waals surface area contributed by atoms with Crippen molar-refractivity contribution in [3.05, 3.63) is 46.2 Å². The number of carbonyl (C=O) groups is 1. The molecule has 2 aromatic rings. The molecule has 0 spiro atoms. The van der Waals surface area contributed by atoms with E-state index in [2.05, 4.69) is 22.8 Å². The molecule has 0 atom stereocenters. The first kappa shape index (κ1) is 17.8. The molecule has 3 rings (SSSR count). The molecule has 1 saturated carbocycles. The fraction of sp³-hybridized carbons (Fsp3) is 0.450. The SMILES string of the molecule is COc1ccc(CC(=O)NCC2(c3cccs3)CCCC2)cc1OC. The Kier molecular flexibility index (Phi) is 5.63. The molecule has 4 nitrogen and oxygen atoms in total. The minimum atomic E-state index is 0.0510. The number of amides is 1. The average molecular weight is 359 g/mol. The van der Waals surface area contributed by atoms with Gasteiger partial charge in [-0.25, -0.2) is 0 Å². The van der Waals surface area contributed by atoms with Gasteiger partial charge in [-0.05, 0) is 42.0 Å². The van der Waals surface area contributed by atoms with Crippen LogP contribution in [0.5, 0.6) is 11.5 Å². The van der Waals surface area contributed by atoms with Crippen molar-refractivity contribution in [3.63, 3.8) is 0 Å². The van der Waals surface area contributed by atoms with E-state index in [0.717, 1.165) is 24.9 Å². The number of nitrogens with one attached hydrogen (secondary N) is 1. The van der Waals surface area contributed by atoms with Crippen molar-refractivity contribution in [2.45, 2.75) is 37.5 Å². The Hall–Kier alpha value is -2.01. The lowest BCUT2D eigenvalue weighted by molar-refractivity contribution is -0.120. The van der Waals surface area contributed by atoms with E-state index < -0.39 is 0 Å². The van der Waals surface area contributed by atoms with Gasteiger partial charge >= 0.3 is 0 Å². The predicted octanol–water partition coefficient (Wildman–Crippen LogP) is 3.94. The maximum atomic E-state index is 12.5. The zero-order valence-electron chi connectivity index (χ0n) is 14.8. The quantitative estimate of drug-likeness (QED) is 0.815. The Morgan fingerprint density at radius 1 is 1.16 bits per heavy atom. The molecule has 1 fully saturated rings. The van der Waals surface area contributed by atoms with Gasteiger partial charge < -0.3 is 14.8 Å². The summed E-state index contributed by atoms with van der Waals surface area (Å²) >= 11 is 1.80. The van der Waals surface area contributed by atoms with E-state index in [1.165, 1.54) is 17.7 Å². The summed E-state index contributed by atoms with van der Waals surface area (Å²) in [7, 11) is 3.21. The number of hydrogen-bond donors (Lipinski definition) is 1. The maximum Gasteiger partial charge on any atom is 0.224 e. The minimum Gasteiger partial charge on any atom is -0.493 e. The molecule has 0 saturated heterocycles. The lowest BCUT2D eigenvalue weighted by Gasteiger charge is -2.28. The van der Waals surface area contributed by atoms with E-state index in [1.807, 2.05) is 18.2 Å². The van der Waals surface area contributed by atoms with Crippen molar-refractivity contribution in [1.29, 1.82) is 0 Å². The summed E-state index contributed by atoms with van der Waals surface area (Å²) in [5.41, 5.74) is 1.05. The van der Waals surface area contributed by atoms with Crippen LogP contribution >= 0.6 is 11.3 Å². The van der Waals surface area contributed by atoms with Crippen LogP contribution in [0.2, 0.25) is 0 Å². The number of benzene rings is 1. The molecular weight excluding hydrogens is 334 g/mol. The van der Waals surface area contributed by atoms with Gasteiger partial charge in [0.05, 0.1) is 20.6 Å². The fourth-order valence-corrected chi connectivity index (χ4v) is 4.64. The Morgan fingerprint density at radius 3 is 2.56 bits per heavy atom. The van der Waals surface area contributed by atoms with Crippen molar-refractivity contribution in [2.75, 3.05) is 20.8 Å². The van der Waals surface area contributed by atoms with Crippen LogP contribution in [0.3, 0.4) is 0 Å². The summed E-state index contributed by atoms with van der Waals surface area (Å²) < 4.78 is 10.6. The highest BCUT2D eigenvalue weighted by Gasteiger charge is 2.36. The summed E-state index contributed by atoms with van der Waals surface area (Å²) in [4.78, 5) is 13.9. The second kappa shape index (κ2) is 7.91. The largest absolute Gasteiger partial charge is 0.493 e. The third kappa shape index (κ3) is 3.98. The van der Waals surface area contributed by atoms with E-state index in [-0.39, 0.29) is 11.3 Å². The van der Waals surface area contributed by atoms with Gasteiger partial charge in [-0.3, -0.25) is 4.79 Å². The molecule has 25 heavy (non-hydrogen) atoms. The van der Waals surface area contributed by atoms with Crippen molar-refractivity contribution in [2.24, 2.45) is 0 Å². The molecule has 0 radical (unpaired) electrons. The molecule has 1 amide bonds. The highest BCUT2D eigenvalue weighted by molar-refractivity contribution is 7.10. The van der Waals surface area contributed by atoms with E-state index in [0.29, 0.717) is 17.9 Å². The fourth-order valence-electron chi connectivity index (χ4n) is 3.65. The Bertz CT molecular complexity index is 706. The Balaban J connectivity index is 1.63. The summed E-state index contributed by atoms with van der Waals surface area (Å²) in [6, 6.07) is 9.92. The van der Waals surface area contributed by atoms with Gasteiger partial charge in [0.1, 0.15) is 0 Å². The van der Waals surface area contributed by atoms with Crippen LogP contribution in [0.15, 0.2) is 35.7 Å². The molecule has 1 aromatic carbocycles. The first-order valence-corrected chi connectivity index (χ1v) is 9.56. The predicted molar refractivity (Wildman–Crippen MR) is 101 cm³/mol. The third-order valence-corrected chi connectivity index (χ3v) is 6.16. The number of methoxy groups -OCH3 is 2. The summed E-state index contributed by atoms with van der Waals surface area (Å²) in [6.07, 6.45) is 5.14. The number of hydrogen-bond acceptors (Lipinski definition) is 4. The van der Waals surface area contributed by atoms with Crippen molar-refractivity contribution >= 4 is 17.2 Å². The normalized spacial score (nSPS) is 15.8. The second-order valence-corrected chi connectivity index (χ2v) is 7.56. The molecule has 134 valence electrons. The van der Waals surface area contributed by atoms with Gasteiger partial charge in [-0.15, -0.1) is 11.3 Å². The number of rotatable bonds is 7. The molecule has 1 aromatic heterocycles. The molecule has 1 aliphatic carbocycles. The summed E-state index contributed by atoms with van der Waals surface area (Å²) in [6.45, 7) is 0.722. The van der Waals surface area contributed by atoms with E-state index >= 15 is 0 Å². The lowest BCUT2D eigenvalue weighted by Crippen LogP contribution is -2.39. The van der Waals surface area contributed by atoms with Gasteiger partial charge in [0.25, 0.3) is 0 Å². The van der Waals surface area contributed by atoms with E-state index in [4.69, 9.17) is 9.47 Å². The lowest BCUT2D eigenvalue weighted by atomic mass is 9.84. The molecule has 0 unspecified atom stereocenters. The highest BCUT2D eigenvalue weighted by atomic mass is 32.1. The van der Waals surface area contributed by atoms with Gasteiger partial charge in [0, 0.05) is 16.8 Å². The van der Waals surface area contributed by atoms with Gasteiger partial charge in [0.2, 0.25) is 5.91 Å². The highest BCUT2D eigenvalue weighted by Crippen LogP contribution is 2.42. The van der Waals surface area contributed by atoms with Crippen LogP contribution in [-0.2, 0) is 16.6 Å². The van der Waals surface area contributed by atoms with Crippen molar-refractivity contribution in [1.82, 2.24) is 5.32 Å². The first-order valence-electron chi connectivity index (χ1n) is 8.68. The van der Waals surface area contributed by atoms with Crippen LogP contribution in [0.4, 0.5) is 0 Å². The number of carbonyl (C=O) groups excluding carboxylic acids is 1. The van der Waals surface area contributed by atoms with Crippen molar-refractivity contribution < 1.29 is 14.3 Å². The molecule has 1 heterocycles. The number of thiophene rings is 1. The first-order chi connectivity index (χ1) is 12.2. The smallest absolute Gasteiger partial charge is 0.224 e. The van der Waals surface area contributed by atoms with E-state index in [9.17, 15) is 4.79 Å². The average Bonchev–Trinajstić information content (AvgIpc) is 3.32. The zero-order chi connectivity index (χ0) is 17.7. The zero-order valence-corrected chi connectivity index (χ0v) is 15.7. The topological polar surface area (TPSA) is 47.6 Å². The molecule has 0 aliphatic heterocycles. The number of ether oxygens (including phenoxy) is 2.